The van der Waals surface area contributed by atoms with Crippen molar-refractivity contribution in [3.8, 4) is 0 Å². The third kappa shape index (κ3) is 2.59. The molecule has 1 aromatic rings. The molecule has 2 aliphatic heterocycles. The summed E-state index contributed by atoms with van der Waals surface area (Å²) in [5.74, 6) is 2.21. The molecule has 4 heteroatoms. The lowest BCUT2D eigenvalue weighted by atomic mass is 9.97. The third-order valence-electron chi connectivity index (χ3n) is 4.17. The maximum atomic E-state index is 9.23. The van der Waals surface area contributed by atoms with Gasteiger partial charge in [0.15, 0.2) is 0 Å². The van der Waals surface area contributed by atoms with Crippen molar-refractivity contribution in [3.63, 3.8) is 0 Å². The molecule has 1 N–H and O–H groups in total. The Kier molecular flexibility index (Phi) is 3.66. The molecule has 100 valence electrons. The van der Waals surface area contributed by atoms with E-state index in [2.05, 4.69) is 10.8 Å². The highest BCUT2D eigenvalue weighted by molar-refractivity contribution is 5.08. The average Bonchev–Trinajstić information content (AvgIpc) is 2.80. The van der Waals surface area contributed by atoms with Crippen LogP contribution in [0.5, 0.6) is 0 Å². The van der Waals surface area contributed by atoms with Crippen LogP contribution in [0.3, 0.4) is 0 Å². The molecule has 3 heterocycles. The SMILES string of the molecule is OCC1CCn2cc(CC3CCCOC3)nc2C1. The summed E-state index contributed by atoms with van der Waals surface area (Å²) in [6, 6.07) is 0. The zero-order valence-corrected chi connectivity index (χ0v) is 10.8. The van der Waals surface area contributed by atoms with Gasteiger partial charge in [0, 0.05) is 39.0 Å². The molecule has 3 rings (SSSR count). The lowest BCUT2D eigenvalue weighted by Crippen LogP contribution is -2.21. The summed E-state index contributed by atoms with van der Waals surface area (Å²) < 4.78 is 7.79. The number of ether oxygens (including phenoxy) is 1. The van der Waals surface area contributed by atoms with E-state index in [0.717, 1.165) is 44.8 Å². The van der Waals surface area contributed by atoms with Crippen LogP contribution in [0, 0.1) is 11.8 Å². The Morgan fingerprint density at radius 2 is 2.33 bits per heavy atom. The second kappa shape index (κ2) is 5.41. The van der Waals surface area contributed by atoms with E-state index in [0.29, 0.717) is 18.4 Å². The van der Waals surface area contributed by atoms with Gasteiger partial charge in [0.1, 0.15) is 5.82 Å². The van der Waals surface area contributed by atoms with Crippen molar-refractivity contribution < 1.29 is 9.84 Å². The van der Waals surface area contributed by atoms with Crippen LogP contribution < -0.4 is 0 Å². The minimum absolute atomic E-state index is 0.290. The molecule has 0 spiro atoms. The van der Waals surface area contributed by atoms with Gasteiger partial charge in [-0.3, -0.25) is 0 Å². The second-order valence-corrected chi connectivity index (χ2v) is 5.67. The van der Waals surface area contributed by atoms with Crippen molar-refractivity contribution in [3.05, 3.63) is 17.7 Å². The lowest BCUT2D eigenvalue weighted by Gasteiger charge is -2.20. The number of aromatic nitrogens is 2. The number of rotatable bonds is 3. The number of hydrogen-bond acceptors (Lipinski definition) is 3. The average molecular weight is 250 g/mol. The van der Waals surface area contributed by atoms with Crippen LogP contribution in [0.1, 0.15) is 30.8 Å². The first-order chi connectivity index (χ1) is 8.85. The van der Waals surface area contributed by atoms with Gasteiger partial charge in [-0.2, -0.15) is 0 Å². The first-order valence-electron chi connectivity index (χ1n) is 7.08. The van der Waals surface area contributed by atoms with E-state index in [9.17, 15) is 5.11 Å². The molecular formula is C14H22N2O2. The van der Waals surface area contributed by atoms with Gasteiger partial charge in [0.05, 0.1) is 5.69 Å². The van der Waals surface area contributed by atoms with Crippen LogP contribution in [-0.4, -0.2) is 34.5 Å². The van der Waals surface area contributed by atoms with E-state index < -0.39 is 0 Å². The van der Waals surface area contributed by atoms with Crippen molar-refractivity contribution in [2.24, 2.45) is 11.8 Å². The van der Waals surface area contributed by atoms with Crippen molar-refractivity contribution in [2.45, 2.75) is 38.6 Å². The molecule has 1 saturated heterocycles. The van der Waals surface area contributed by atoms with Crippen molar-refractivity contribution >= 4 is 0 Å². The molecule has 0 aromatic carbocycles. The normalized spacial score (nSPS) is 28.1. The molecule has 0 amide bonds. The summed E-state index contributed by atoms with van der Waals surface area (Å²) in [5, 5.41) is 9.23. The van der Waals surface area contributed by atoms with E-state index in [1.54, 1.807) is 0 Å². The van der Waals surface area contributed by atoms with Crippen LogP contribution in [0.2, 0.25) is 0 Å². The van der Waals surface area contributed by atoms with Gasteiger partial charge < -0.3 is 14.4 Å². The summed E-state index contributed by atoms with van der Waals surface area (Å²) in [7, 11) is 0. The molecule has 0 bridgehead atoms. The van der Waals surface area contributed by atoms with Crippen molar-refractivity contribution in [2.75, 3.05) is 19.8 Å². The summed E-state index contributed by atoms with van der Waals surface area (Å²) in [6.45, 7) is 3.11. The lowest BCUT2D eigenvalue weighted by molar-refractivity contribution is 0.0547. The summed E-state index contributed by atoms with van der Waals surface area (Å²) in [6.07, 6.45) is 7.71. The fourth-order valence-electron chi connectivity index (χ4n) is 3.07. The fourth-order valence-corrected chi connectivity index (χ4v) is 3.07. The number of fused-ring (bicyclic) bond motifs is 1. The van der Waals surface area contributed by atoms with E-state index in [-0.39, 0.29) is 0 Å². The topological polar surface area (TPSA) is 47.3 Å². The van der Waals surface area contributed by atoms with Crippen LogP contribution >= 0.6 is 0 Å². The van der Waals surface area contributed by atoms with Gasteiger partial charge in [-0.25, -0.2) is 4.98 Å². The largest absolute Gasteiger partial charge is 0.396 e. The van der Waals surface area contributed by atoms with Gasteiger partial charge in [-0.15, -0.1) is 0 Å². The highest BCUT2D eigenvalue weighted by atomic mass is 16.5. The van der Waals surface area contributed by atoms with Crippen molar-refractivity contribution in [1.29, 1.82) is 0 Å². The third-order valence-corrected chi connectivity index (χ3v) is 4.17. The smallest absolute Gasteiger partial charge is 0.109 e. The zero-order valence-electron chi connectivity index (χ0n) is 10.8. The number of imidazole rings is 1. The molecule has 1 fully saturated rings. The Balaban J connectivity index is 1.65. The van der Waals surface area contributed by atoms with Crippen molar-refractivity contribution in [1.82, 2.24) is 9.55 Å². The quantitative estimate of drug-likeness (QED) is 0.882. The highest BCUT2D eigenvalue weighted by Crippen LogP contribution is 2.23. The van der Waals surface area contributed by atoms with E-state index in [1.807, 2.05) is 0 Å². The van der Waals surface area contributed by atoms with Gasteiger partial charge in [-0.1, -0.05) is 0 Å². The van der Waals surface area contributed by atoms with Gasteiger partial charge in [0.2, 0.25) is 0 Å². The Morgan fingerprint density at radius 3 is 3.11 bits per heavy atom. The summed E-state index contributed by atoms with van der Waals surface area (Å²) >= 11 is 0. The van der Waals surface area contributed by atoms with Gasteiger partial charge >= 0.3 is 0 Å². The molecule has 2 unspecified atom stereocenters. The Bertz CT molecular complexity index is 396. The first kappa shape index (κ1) is 12.2. The summed E-state index contributed by atoms with van der Waals surface area (Å²) in [4.78, 5) is 4.74. The van der Waals surface area contributed by atoms with E-state index in [4.69, 9.17) is 9.72 Å². The van der Waals surface area contributed by atoms with Crippen LogP contribution in [-0.2, 0) is 24.1 Å². The predicted molar refractivity (Wildman–Crippen MR) is 68.4 cm³/mol. The fraction of sp³-hybridized carbons (Fsp3) is 0.786. The Morgan fingerprint density at radius 1 is 1.39 bits per heavy atom. The maximum absolute atomic E-state index is 9.23. The van der Waals surface area contributed by atoms with Crippen LogP contribution in [0.15, 0.2) is 6.20 Å². The number of aliphatic hydroxyl groups is 1. The number of aliphatic hydroxyl groups excluding tert-OH is 1. The number of hydrogen-bond donors (Lipinski definition) is 1. The highest BCUT2D eigenvalue weighted by Gasteiger charge is 2.22. The zero-order chi connectivity index (χ0) is 12.4. The summed E-state index contributed by atoms with van der Waals surface area (Å²) in [5.41, 5.74) is 1.21. The van der Waals surface area contributed by atoms with Gasteiger partial charge in [0.25, 0.3) is 0 Å². The molecule has 0 saturated carbocycles. The Labute approximate surface area is 108 Å². The first-order valence-corrected chi connectivity index (χ1v) is 7.08. The monoisotopic (exact) mass is 250 g/mol. The molecule has 1 aromatic heterocycles. The van der Waals surface area contributed by atoms with E-state index >= 15 is 0 Å². The molecule has 18 heavy (non-hydrogen) atoms. The minimum Gasteiger partial charge on any atom is -0.396 e. The molecule has 4 nitrogen and oxygen atoms in total. The molecular weight excluding hydrogens is 228 g/mol. The standard InChI is InChI=1S/C14H22N2O2/c17-9-11-3-4-16-8-13(15-14(16)7-11)6-12-2-1-5-18-10-12/h8,11-12,17H,1-7,9-10H2. The van der Waals surface area contributed by atoms with Gasteiger partial charge in [-0.05, 0) is 37.5 Å². The van der Waals surface area contributed by atoms with E-state index in [1.165, 1.54) is 18.5 Å². The minimum atomic E-state index is 0.290. The Hall–Kier alpha value is -0.870. The molecule has 0 aliphatic carbocycles. The molecule has 2 aliphatic rings. The predicted octanol–water partition coefficient (Wildman–Crippen LogP) is 1.41. The maximum Gasteiger partial charge on any atom is 0.109 e. The molecule has 2 atom stereocenters. The molecule has 0 radical (unpaired) electrons. The number of aryl methyl sites for hydroxylation is 1. The second-order valence-electron chi connectivity index (χ2n) is 5.67. The number of nitrogens with zero attached hydrogens (tertiary/aromatic N) is 2. The van der Waals surface area contributed by atoms with Crippen LogP contribution in [0.4, 0.5) is 0 Å². The van der Waals surface area contributed by atoms with Crippen LogP contribution in [0.25, 0.3) is 0 Å².